The Bertz CT molecular complexity index is 1060. The summed E-state index contributed by atoms with van der Waals surface area (Å²) in [5.74, 6) is 0. The molecule has 1 fully saturated rings. The highest BCUT2D eigenvalue weighted by atomic mass is 35.5. The van der Waals surface area contributed by atoms with E-state index in [1.54, 1.807) is 4.57 Å². The van der Waals surface area contributed by atoms with Crippen LogP contribution in [-0.4, -0.2) is 9.13 Å². The summed E-state index contributed by atoms with van der Waals surface area (Å²) >= 11 is 6.10. The first kappa shape index (κ1) is 17.1. The maximum atomic E-state index is 13.3. The normalized spacial score (nSPS) is 15.4. The number of hydrogen-bond acceptors (Lipinski definition) is 2. The molecule has 1 heterocycles. The van der Waals surface area contributed by atoms with Crippen molar-refractivity contribution < 1.29 is 0 Å². The van der Waals surface area contributed by atoms with Gasteiger partial charge in [0.15, 0.2) is 0 Å². The fraction of sp³-hybridized carbons (Fsp3) is 0.333. The van der Waals surface area contributed by atoms with Gasteiger partial charge in [0, 0.05) is 11.1 Å². The summed E-state index contributed by atoms with van der Waals surface area (Å²) in [4.78, 5) is 26.3. The van der Waals surface area contributed by atoms with Crippen molar-refractivity contribution in [3.63, 3.8) is 0 Å². The van der Waals surface area contributed by atoms with Crippen LogP contribution in [0.15, 0.2) is 58.1 Å². The fourth-order valence-corrected chi connectivity index (χ4v) is 4.18. The molecule has 26 heavy (non-hydrogen) atoms. The summed E-state index contributed by atoms with van der Waals surface area (Å²) in [5, 5.41) is 1.24. The maximum Gasteiger partial charge on any atom is 0.332 e. The molecule has 1 aromatic heterocycles. The average Bonchev–Trinajstić information content (AvgIpc) is 2.66. The minimum absolute atomic E-state index is 0.000956. The third-order valence-corrected chi connectivity index (χ3v) is 5.49. The lowest BCUT2D eigenvalue weighted by molar-refractivity contribution is 0.333. The molecule has 0 atom stereocenters. The number of benzene rings is 2. The van der Waals surface area contributed by atoms with E-state index in [1.807, 2.05) is 48.5 Å². The zero-order chi connectivity index (χ0) is 18.1. The maximum absolute atomic E-state index is 13.3. The monoisotopic (exact) mass is 368 g/mol. The fourth-order valence-electron chi connectivity index (χ4n) is 3.97. The van der Waals surface area contributed by atoms with Gasteiger partial charge in [0.1, 0.15) is 0 Å². The van der Waals surface area contributed by atoms with E-state index in [9.17, 15) is 9.59 Å². The molecule has 4 nitrogen and oxygen atoms in total. The van der Waals surface area contributed by atoms with Gasteiger partial charge in [0.2, 0.25) is 0 Å². The smallest absolute Gasteiger partial charge is 0.289 e. The van der Waals surface area contributed by atoms with E-state index in [0.717, 1.165) is 31.2 Å². The zero-order valence-electron chi connectivity index (χ0n) is 14.5. The summed E-state index contributed by atoms with van der Waals surface area (Å²) < 4.78 is 3.20. The molecular weight excluding hydrogens is 348 g/mol. The van der Waals surface area contributed by atoms with Gasteiger partial charge in [-0.1, -0.05) is 55.1 Å². The molecule has 1 aliphatic rings. The number of rotatable bonds is 3. The van der Waals surface area contributed by atoms with Crippen molar-refractivity contribution in [2.45, 2.75) is 44.7 Å². The van der Waals surface area contributed by atoms with Crippen LogP contribution < -0.4 is 11.2 Å². The van der Waals surface area contributed by atoms with Crippen LogP contribution >= 0.6 is 11.6 Å². The molecule has 0 N–H and O–H groups in total. The minimum Gasteiger partial charge on any atom is -0.289 e. The van der Waals surface area contributed by atoms with Gasteiger partial charge in [0.05, 0.1) is 17.4 Å². The number of hydrogen-bond donors (Lipinski definition) is 0. The van der Waals surface area contributed by atoms with Gasteiger partial charge >= 0.3 is 5.69 Å². The van der Waals surface area contributed by atoms with Gasteiger partial charge in [-0.05, 0) is 42.7 Å². The molecule has 0 saturated heterocycles. The molecule has 3 aromatic rings. The van der Waals surface area contributed by atoms with Crippen LogP contribution in [0.3, 0.4) is 0 Å². The lowest BCUT2D eigenvalue weighted by atomic mass is 9.95. The van der Waals surface area contributed by atoms with Gasteiger partial charge in [0.25, 0.3) is 5.56 Å². The van der Waals surface area contributed by atoms with Crippen molar-refractivity contribution >= 4 is 22.5 Å². The highest BCUT2D eigenvalue weighted by Gasteiger charge is 2.22. The molecule has 1 saturated carbocycles. The van der Waals surface area contributed by atoms with E-state index in [4.69, 9.17) is 11.6 Å². The Labute approximate surface area is 156 Å². The van der Waals surface area contributed by atoms with Gasteiger partial charge < -0.3 is 0 Å². The summed E-state index contributed by atoms with van der Waals surface area (Å²) in [6.07, 6.45) is 5.10. The van der Waals surface area contributed by atoms with Gasteiger partial charge in [-0.25, -0.2) is 4.79 Å². The highest BCUT2D eigenvalue weighted by Crippen LogP contribution is 2.26. The number of halogens is 1. The minimum atomic E-state index is -0.222. The lowest BCUT2D eigenvalue weighted by Gasteiger charge is -2.24. The van der Waals surface area contributed by atoms with Crippen LogP contribution in [0.1, 0.15) is 43.7 Å². The predicted molar refractivity (Wildman–Crippen MR) is 105 cm³/mol. The molecule has 1 aliphatic carbocycles. The van der Waals surface area contributed by atoms with E-state index in [1.165, 1.54) is 11.0 Å². The van der Waals surface area contributed by atoms with E-state index in [-0.39, 0.29) is 17.3 Å². The molecule has 0 spiro atoms. The molecule has 0 aliphatic heterocycles. The Morgan fingerprint density at radius 3 is 2.50 bits per heavy atom. The Morgan fingerprint density at radius 2 is 1.73 bits per heavy atom. The first-order valence-corrected chi connectivity index (χ1v) is 9.51. The average molecular weight is 369 g/mol. The van der Waals surface area contributed by atoms with E-state index < -0.39 is 0 Å². The highest BCUT2D eigenvalue weighted by molar-refractivity contribution is 6.30. The molecule has 5 heteroatoms. The van der Waals surface area contributed by atoms with Gasteiger partial charge in [-0.3, -0.25) is 13.9 Å². The third kappa shape index (κ3) is 3.10. The standard InChI is InChI=1S/C21H21ClN2O2/c22-16-8-6-7-15(13-16)14-23-19-12-5-4-11-18(19)20(25)24(21(23)26)17-9-2-1-3-10-17/h4-8,11-13,17H,1-3,9-10,14H2. The Hall–Kier alpha value is -2.33. The second kappa shape index (κ2) is 7.12. The van der Waals surface area contributed by atoms with Crippen molar-refractivity contribution in [3.8, 4) is 0 Å². The molecule has 0 unspecified atom stereocenters. The molecule has 0 amide bonds. The first-order chi connectivity index (χ1) is 12.6. The van der Waals surface area contributed by atoms with Crippen molar-refractivity contribution in [1.29, 1.82) is 0 Å². The van der Waals surface area contributed by atoms with Crippen molar-refractivity contribution in [1.82, 2.24) is 9.13 Å². The first-order valence-electron chi connectivity index (χ1n) is 9.13. The Kier molecular flexibility index (Phi) is 4.68. The van der Waals surface area contributed by atoms with Gasteiger partial charge in [-0.15, -0.1) is 0 Å². The van der Waals surface area contributed by atoms with Gasteiger partial charge in [-0.2, -0.15) is 0 Å². The topological polar surface area (TPSA) is 44.0 Å². The molecule has 0 bridgehead atoms. The quantitative estimate of drug-likeness (QED) is 0.689. The van der Waals surface area contributed by atoms with E-state index in [0.29, 0.717) is 22.5 Å². The molecule has 0 radical (unpaired) electrons. The van der Waals surface area contributed by atoms with Crippen molar-refractivity contribution in [2.75, 3.05) is 0 Å². The second-order valence-electron chi connectivity index (χ2n) is 6.98. The van der Waals surface area contributed by atoms with Crippen molar-refractivity contribution in [2.24, 2.45) is 0 Å². The third-order valence-electron chi connectivity index (χ3n) is 5.25. The van der Waals surface area contributed by atoms with Crippen LogP contribution in [-0.2, 0) is 6.54 Å². The predicted octanol–water partition coefficient (Wildman–Crippen LogP) is 4.37. The lowest BCUT2D eigenvalue weighted by Crippen LogP contribution is -2.43. The summed E-state index contributed by atoms with van der Waals surface area (Å²) in [6.45, 7) is 0.396. The number of para-hydroxylation sites is 1. The second-order valence-corrected chi connectivity index (χ2v) is 7.42. The van der Waals surface area contributed by atoms with Crippen LogP contribution in [0.25, 0.3) is 10.9 Å². The molecule has 4 rings (SSSR count). The largest absolute Gasteiger partial charge is 0.332 e. The van der Waals surface area contributed by atoms with E-state index in [2.05, 4.69) is 0 Å². The zero-order valence-corrected chi connectivity index (χ0v) is 15.3. The molecule has 2 aromatic carbocycles. The number of nitrogens with zero attached hydrogens (tertiary/aromatic N) is 2. The molecule has 134 valence electrons. The van der Waals surface area contributed by atoms with Crippen LogP contribution in [0.4, 0.5) is 0 Å². The summed E-state index contributed by atoms with van der Waals surface area (Å²) in [5.41, 5.74) is 1.23. The summed E-state index contributed by atoms with van der Waals surface area (Å²) in [7, 11) is 0. The number of aromatic nitrogens is 2. The number of fused-ring (bicyclic) bond motifs is 1. The SMILES string of the molecule is O=c1c2ccccc2n(Cc2cccc(Cl)c2)c(=O)n1C1CCCCC1. The van der Waals surface area contributed by atoms with Crippen LogP contribution in [0.2, 0.25) is 5.02 Å². The summed E-state index contributed by atoms with van der Waals surface area (Å²) in [6, 6.07) is 14.9. The van der Waals surface area contributed by atoms with E-state index >= 15 is 0 Å². The Balaban J connectivity index is 1.93. The molecular formula is C21H21ClN2O2. The van der Waals surface area contributed by atoms with Crippen molar-refractivity contribution in [3.05, 3.63) is 80.0 Å². The van der Waals surface area contributed by atoms with Crippen LogP contribution in [0.5, 0.6) is 0 Å². The van der Waals surface area contributed by atoms with Crippen LogP contribution in [0, 0.1) is 0 Å². The Morgan fingerprint density at radius 1 is 0.962 bits per heavy atom.